The Morgan fingerprint density at radius 1 is 0.971 bits per heavy atom. The number of aryl methyl sites for hydroxylation is 1. The minimum Gasteiger partial charge on any atom is -0.353 e. The summed E-state index contributed by atoms with van der Waals surface area (Å²) in [5, 5.41) is 4.32. The highest BCUT2D eigenvalue weighted by atomic mass is 16.2. The van der Waals surface area contributed by atoms with E-state index in [0.717, 1.165) is 23.5 Å². The second kappa shape index (κ2) is 9.69. The van der Waals surface area contributed by atoms with Gasteiger partial charge in [-0.05, 0) is 43.2 Å². The van der Waals surface area contributed by atoms with Crippen molar-refractivity contribution in [3.8, 4) is 0 Å². The van der Waals surface area contributed by atoms with Gasteiger partial charge in [0.2, 0.25) is 5.91 Å². The minimum atomic E-state index is -0.329. The number of carbonyl (C=O) groups is 2. The van der Waals surface area contributed by atoms with E-state index in [0.29, 0.717) is 26.2 Å². The summed E-state index contributed by atoms with van der Waals surface area (Å²) in [6.07, 6.45) is 2.69. The lowest BCUT2D eigenvalue weighted by Gasteiger charge is -2.35. The molecule has 0 N–H and O–H groups in total. The second-order valence-electron chi connectivity index (χ2n) is 8.94. The number of hydrogen-bond acceptors (Lipinski definition) is 6. The van der Waals surface area contributed by atoms with Gasteiger partial charge in [-0.1, -0.05) is 24.3 Å². The smallest absolute Gasteiger partial charge is 0.278 e. The average molecular weight is 473 g/mol. The van der Waals surface area contributed by atoms with Gasteiger partial charge in [-0.25, -0.2) is 9.67 Å². The highest BCUT2D eigenvalue weighted by Gasteiger charge is 2.32. The molecule has 2 amide bonds. The normalized spacial score (nSPS) is 17.4. The number of amides is 2. The van der Waals surface area contributed by atoms with Crippen molar-refractivity contribution in [1.29, 1.82) is 0 Å². The highest BCUT2D eigenvalue weighted by molar-refractivity contribution is 6.06. The SMILES string of the molecule is C[C@@H]1Cc2ccccc2N1C(=O)c1ccc(=O)n(CCC(=O)N2CCN(c3ccccn3)CC2)n1. The topological polar surface area (TPSA) is 91.6 Å². The number of para-hydroxylation sites is 1. The molecule has 0 aliphatic carbocycles. The van der Waals surface area contributed by atoms with Gasteiger partial charge >= 0.3 is 0 Å². The number of piperazine rings is 1. The molecule has 9 nitrogen and oxygen atoms in total. The first kappa shape index (κ1) is 22.8. The Morgan fingerprint density at radius 2 is 1.74 bits per heavy atom. The summed E-state index contributed by atoms with van der Waals surface area (Å²) in [4.78, 5) is 48.6. The van der Waals surface area contributed by atoms with Crippen molar-refractivity contribution < 1.29 is 9.59 Å². The first-order valence-corrected chi connectivity index (χ1v) is 11.9. The van der Waals surface area contributed by atoms with Gasteiger partial charge in [0.25, 0.3) is 11.5 Å². The standard InChI is InChI=1S/C26H28N6O3/c1-19-18-20-6-2-3-7-22(20)32(19)26(35)21-9-10-25(34)31(28-21)13-11-24(33)30-16-14-29(15-17-30)23-8-4-5-12-27-23/h2-10,12,19H,11,13-18H2,1H3/t19-/m1/s1. The molecule has 2 aromatic heterocycles. The van der Waals surface area contributed by atoms with Crippen LogP contribution in [0.25, 0.3) is 0 Å². The molecular weight excluding hydrogens is 444 g/mol. The summed E-state index contributed by atoms with van der Waals surface area (Å²) in [5.74, 6) is 0.637. The molecular formula is C26H28N6O3. The quantitative estimate of drug-likeness (QED) is 0.564. The lowest BCUT2D eigenvalue weighted by atomic mass is 10.1. The number of nitrogens with zero attached hydrogens (tertiary/aromatic N) is 6. The zero-order chi connectivity index (χ0) is 24.4. The van der Waals surface area contributed by atoms with Crippen LogP contribution in [-0.2, 0) is 17.8 Å². The van der Waals surface area contributed by atoms with E-state index in [2.05, 4.69) is 15.0 Å². The number of anilines is 2. The molecule has 0 bridgehead atoms. The largest absolute Gasteiger partial charge is 0.353 e. The van der Waals surface area contributed by atoms with Gasteiger partial charge in [0, 0.05) is 56.6 Å². The van der Waals surface area contributed by atoms with E-state index < -0.39 is 0 Å². The summed E-state index contributed by atoms with van der Waals surface area (Å²) in [6.45, 7) is 4.75. The Balaban J connectivity index is 1.22. The fraction of sp³-hybridized carbons (Fsp3) is 0.346. The van der Waals surface area contributed by atoms with Gasteiger partial charge in [-0.15, -0.1) is 0 Å². The van der Waals surface area contributed by atoms with Crippen LogP contribution in [0.3, 0.4) is 0 Å². The van der Waals surface area contributed by atoms with Crippen LogP contribution in [-0.4, -0.2) is 63.7 Å². The molecule has 1 atom stereocenters. The van der Waals surface area contributed by atoms with E-state index in [4.69, 9.17) is 0 Å². The zero-order valence-electron chi connectivity index (χ0n) is 19.7. The molecule has 0 spiro atoms. The van der Waals surface area contributed by atoms with Gasteiger partial charge in [0.1, 0.15) is 11.5 Å². The van der Waals surface area contributed by atoms with E-state index in [1.807, 2.05) is 54.3 Å². The monoisotopic (exact) mass is 472 g/mol. The van der Waals surface area contributed by atoms with E-state index in [-0.39, 0.29) is 42.1 Å². The fourth-order valence-corrected chi connectivity index (χ4v) is 4.81. The van der Waals surface area contributed by atoms with Gasteiger partial charge in [-0.3, -0.25) is 14.4 Å². The summed E-state index contributed by atoms with van der Waals surface area (Å²) < 4.78 is 1.22. The third kappa shape index (κ3) is 4.66. The van der Waals surface area contributed by atoms with Crippen LogP contribution in [0.5, 0.6) is 0 Å². The molecule has 0 radical (unpaired) electrons. The Labute approximate surface area is 203 Å². The first-order chi connectivity index (χ1) is 17.0. The third-order valence-corrected chi connectivity index (χ3v) is 6.65. The minimum absolute atomic E-state index is 0.00779. The molecule has 35 heavy (non-hydrogen) atoms. The van der Waals surface area contributed by atoms with Crippen LogP contribution in [0.4, 0.5) is 11.5 Å². The average Bonchev–Trinajstić information content (AvgIpc) is 3.23. The second-order valence-corrected chi connectivity index (χ2v) is 8.94. The van der Waals surface area contributed by atoms with Crippen LogP contribution in [0.2, 0.25) is 0 Å². The van der Waals surface area contributed by atoms with Crippen LogP contribution < -0.4 is 15.4 Å². The van der Waals surface area contributed by atoms with Crippen molar-refractivity contribution in [2.75, 3.05) is 36.0 Å². The summed E-state index contributed by atoms with van der Waals surface area (Å²) in [5.41, 5.74) is 1.87. The molecule has 3 aromatic rings. The molecule has 0 unspecified atom stereocenters. The van der Waals surface area contributed by atoms with E-state index in [1.54, 1.807) is 11.1 Å². The molecule has 2 aliphatic rings. The molecule has 9 heteroatoms. The first-order valence-electron chi connectivity index (χ1n) is 11.9. The number of fused-ring (bicyclic) bond motifs is 1. The number of hydrogen-bond donors (Lipinski definition) is 0. The van der Waals surface area contributed by atoms with E-state index in [9.17, 15) is 14.4 Å². The van der Waals surface area contributed by atoms with Crippen LogP contribution >= 0.6 is 0 Å². The van der Waals surface area contributed by atoms with Crippen molar-refractivity contribution in [2.24, 2.45) is 0 Å². The van der Waals surface area contributed by atoms with Gasteiger partial charge < -0.3 is 14.7 Å². The number of pyridine rings is 1. The molecule has 1 aromatic carbocycles. The van der Waals surface area contributed by atoms with Gasteiger partial charge in [0.15, 0.2) is 0 Å². The number of aromatic nitrogens is 3. The molecule has 5 rings (SSSR count). The molecule has 180 valence electrons. The van der Waals surface area contributed by atoms with Crippen LogP contribution in [0.1, 0.15) is 29.4 Å². The van der Waals surface area contributed by atoms with Crippen molar-refractivity contribution in [1.82, 2.24) is 19.7 Å². The van der Waals surface area contributed by atoms with Gasteiger partial charge in [0.05, 0.1) is 6.54 Å². The van der Waals surface area contributed by atoms with Crippen LogP contribution in [0, 0.1) is 0 Å². The van der Waals surface area contributed by atoms with E-state index >= 15 is 0 Å². The molecule has 1 saturated heterocycles. The van der Waals surface area contributed by atoms with Crippen molar-refractivity contribution >= 4 is 23.3 Å². The number of benzene rings is 1. The Hall–Kier alpha value is -4.01. The summed E-state index contributed by atoms with van der Waals surface area (Å²) in [7, 11) is 0. The fourth-order valence-electron chi connectivity index (χ4n) is 4.81. The highest BCUT2D eigenvalue weighted by Crippen LogP contribution is 2.32. The molecule has 0 saturated carbocycles. The predicted octanol–water partition coefficient (Wildman–Crippen LogP) is 1.97. The van der Waals surface area contributed by atoms with Crippen molar-refractivity contribution in [3.05, 3.63) is 82.4 Å². The number of rotatable bonds is 5. The Bertz CT molecular complexity index is 1280. The summed E-state index contributed by atoms with van der Waals surface area (Å²) in [6, 6.07) is 16.4. The predicted molar refractivity (Wildman–Crippen MR) is 133 cm³/mol. The summed E-state index contributed by atoms with van der Waals surface area (Å²) >= 11 is 0. The maximum absolute atomic E-state index is 13.3. The molecule has 2 aliphatic heterocycles. The Kier molecular flexibility index (Phi) is 6.31. The van der Waals surface area contributed by atoms with Crippen molar-refractivity contribution in [2.45, 2.75) is 32.4 Å². The van der Waals surface area contributed by atoms with Gasteiger partial charge in [-0.2, -0.15) is 5.10 Å². The number of carbonyl (C=O) groups excluding carboxylic acids is 2. The Morgan fingerprint density at radius 3 is 2.51 bits per heavy atom. The lowest BCUT2D eigenvalue weighted by Crippen LogP contribution is -2.49. The van der Waals surface area contributed by atoms with E-state index in [1.165, 1.54) is 16.8 Å². The lowest BCUT2D eigenvalue weighted by molar-refractivity contribution is -0.131. The zero-order valence-corrected chi connectivity index (χ0v) is 19.7. The maximum Gasteiger partial charge on any atom is 0.278 e. The maximum atomic E-state index is 13.3. The van der Waals surface area contributed by atoms with Crippen LogP contribution in [0.15, 0.2) is 65.6 Å². The third-order valence-electron chi connectivity index (χ3n) is 6.65. The van der Waals surface area contributed by atoms with Crippen molar-refractivity contribution in [3.63, 3.8) is 0 Å². The molecule has 4 heterocycles. The molecule has 1 fully saturated rings.